The van der Waals surface area contributed by atoms with E-state index in [4.69, 9.17) is 4.42 Å². The molecule has 0 saturated carbocycles. The molecule has 18 heavy (non-hydrogen) atoms. The fourth-order valence-electron chi connectivity index (χ4n) is 2.83. The summed E-state index contributed by atoms with van der Waals surface area (Å²) in [5, 5.41) is 9.46. The molecule has 1 atom stereocenters. The van der Waals surface area contributed by atoms with E-state index in [0.717, 1.165) is 30.8 Å². The molecule has 2 rings (SSSR count). The van der Waals surface area contributed by atoms with E-state index >= 15 is 0 Å². The minimum absolute atomic E-state index is 0.207. The highest BCUT2D eigenvalue weighted by Crippen LogP contribution is 2.36. The molecule has 0 aliphatic carbocycles. The standard InChI is InChI=1S/C13H20N2O3/c1-9-10(14-8-18-9)7-15-6-4-5-13(2,3)11(15)12(16)17/h8,11H,4-7H2,1-3H3,(H,16,17). The Morgan fingerprint density at radius 1 is 1.67 bits per heavy atom. The second kappa shape index (κ2) is 4.72. The van der Waals surface area contributed by atoms with Crippen LogP contribution < -0.4 is 0 Å². The van der Waals surface area contributed by atoms with Crippen molar-refractivity contribution in [2.24, 2.45) is 5.41 Å². The maximum atomic E-state index is 11.5. The average Bonchev–Trinajstić information content (AvgIpc) is 2.62. The van der Waals surface area contributed by atoms with Gasteiger partial charge in [0.05, 0.1) is 5.69 Å². The third kappa shape index (κ3) is 2.41. The quantitative estimate of drug-likeness (QED) is 0.891. The van der Waals surface area contributed by atoms with Gasteiger partial charge in [0.1, 0.15) is 11.8 Å². The average molecular weight is 252 g/mol. The highest BCUT2D eigenvalue weighted by Gasteiger charge is 2.42. The number of carboxylic acid groups (broad SMARTS) is 1. The molecule has 1 aliphatic heterocycles. The van der Waals surface area contributed by atoms with Crippen molar-refractivity contribution in [3.63, 3.8) is 0 Å². The van der Waals surface area contributed by atoms with Crippen LogP contribution in [0.2, 0.25) is 0 Å². The van der Waals surface area contributed by atoms with Gasteiger partial charge in [-0.3, -0.25) is 9.69 Å². The summed E-state index contributed by atoms with van der Waals surface area (Å²) in [5.74, 6) is 0.0170. The predicted molar refractivity (Wildman–Crippen MR) is 66.1 cm³/mol. The molecular formula is C13H20N2O3. The summed E-state index contributed by atoms with van der Waals surface area (Å²) in [6, 6.07) is -0.456. The van der Waals surface area contributed by atoms with Crippen LogP contribution >= 0.6 is 0 Å². The van der Waals surface area contributed by atoms with Gasteiger partial charge in [0.25, 0.3) is 0 Å². The lowest BCUT2D eigenvalue weighted by Crippen LogP contribution is -2.53. The third-order valence-corrected chi connectivity index (χ3v) is 3.80. The molecule has 0 bridgehead atoms. The summed E-state index contributed by atoms with van der Waals surface area (Å²) >= 11 is 0. The first kappa shape index (κ1) is 13.1. The van der Waals surface area contributed by atoms with E-state index in [1.807, 2.05) is 25.7 Å². The fraction of sp³-hybridized carbons (Fsp3) is 0.692. The normalized spacial score (nSPS) is 24.1. The molecule has 100 valence electrons. The van der Waals surface area contributed by atoms with Crippen LogP contribution in [0, 0.1) is 12.3 Å². The molecule has 1 aromatic heterocycles. The number of rotatable bonds is 3. The Morgan fingerprint density at radius 2 is 2.39 bits per heavy atom. The summed E-state index contributed by atoms with van der Waals surface area (Å²) in [5.41, 5.74) is 0.626. The second-order valence-electron chi connectivity index (χ2n) is 5.66. The molecule has 1 fully saturated rings. The number of likely N-dealkylation sites (tertiary alicyclic amines) is 1. The number of hydrogen-bond donors (Lipinski definition) is 1. The van der Waals surface area contributed by atoms with E-state index < -0.39 is 12.0 Å². The van der Waals surface area contributed by atoms with Gasteiger partial charge in [0.15, 0.2) is 6.39 Å². The van der Waals surface area contributed by atoms with E-state index in [-0.39, 0.29) is 5.41 Å². The summed E-state index contributed by atoms with van der Waals surface area (Å²) in [7, 11) is 0. The summed E-state index contributed by atoms with van der Waals surface area (Å²) < 4.78 is 5.17. The first-order valence-electron chi connectivity index (χ1n) is 6.27. The number of carbonyl (C=O) groups is 1. The van der Waals surface area contributed by atoms with Gasteiger partial charge in [-0.25, -0.2) is 4.98 Å². The maximum absolute atomic E-state index is 11.5. The zero-order valence-electron chi connectivity index (χ0n) is 11.1. The topological polar surface area (TPSA) is 66.6 Å². The van der Waals surface area contributed by atoms with Gasteiger partial charge in [-0.1, -0.05) is 13.8 Å². The fourth-order valence-corrected chi connectivity index (χ4v) is 2.83. The number of aliphatic carboxylic acids is 1. The van der Waals surface area contributed by atoms with Gasteiger partial charge in [-0.05, 0) is 31.7 Å². The molecule has 0 spiro atoms. The molecule has 5 heteroatoms. The zero-order valence-corrected chi connectivity index (χ0v) is 11.1. The van der Waals surface area contributed by atoms with E-state index in [0.29, 0.717) is 6.54 Å². The van der Waals surface area contributed by atoms with Crippen LogP contribution in [-0.4, -0.2) is 33.5 Å². The van der Waals surface area contributed by atoms with E-state index in [9.17, 15) is 9.90 Å². The first-order chi connectivity index (χ1) is 8.42. The number of oxazole rings is 1. The first-order valence-corrected chi connectivity index (χ1v) is 6.27. The van der Waals surface area contributed by atoms with Crippen molar-refractivity contribution in [1.82, 2.24) is 9.88 Å². The van der Waals surface area contributed by atoms with Crippen molar-refractivity contribution in [3.05, 3.63) is 17.8 Å². The van der Waals surface area contributed by atoms with Gasteiger partial charge >= 0.3 is 5.97 Å². The maximum Gasteiger partial charge on any atom is 0.321 e. The summed E-state index contributed by atoms with van der Waals surface area (Å²) in [6.07, 6.45) is 3.38. The lowest BCUT2D eigenvalue weighted by atomic mass is 9.76. The lowest BCUT2D eigenvalue weighted by Gasteiger charge is -2.43. The van der Waals surface area contributed by atoms with Crippen LogP contribution in [0.25, 0.3) is 0 Å². The monoisotopic (exact) mass is 252 g/mol. The molecule has 1 saturated heterocycles. The molecular weight excluding hydrogens is 232 g/mol. The lowest BCUT2D eigenvalue weighted by molar-refractivity contribution is -0.151. The number of hydrogen-bond acceptors (Lipinski definition) is 4. The second-order valence-corrected chi connectivity index (χ2v) is 5.66. The predicted octanol–water partition coefficient (Wildman–Crippen LogP) is 2.06. The Labute approximate surface area is 107 Å². The summed E-state index contributed by atoms with van der Waals surface area (Å²) in [4.78, 5) is 17.7. The minimum atomic E-state index is -0.749. The zero-order chi connectivity index (χ0) is 13.3. The molecule has 0 aromatic carbocycles. The minimum Gasteiger partial charge on any atom is -0.480 e. The van der Waals surface area contributed by atoms with Gasteiger partial charge in [-0.15, -0.1) is 0 Å². The molecule has 0 amide bonds. The van der Waals surface area contributed by atoms with Crippen LogP contribution in [0.4, 0.5) is 0 Å². The van der Waals surface area contributed by atoms with Crippen molar-refractivity contribution >= 4 is 5.97 Å². The Bertz CT molecular complexity index is 439. The van der Waals surface area contributed by atoms with E-state index in [2.05, 4.69) is 4.98 Å². The van der Waals surface area contributed by atoms with Crippen molar-refractivity contribution in [2.75, 3.05) is 6.54 Å². The highest BCUT2D eigenvalue weighted by molar-refractivity contribution is 5.74. The van der Waals surface area contributed by atoms with Crippen molar-refractivity contribution in [2.45, 2.75) is 46.2 Å². The molecule has 1 aliphatic rings. The largest absolute Gasteiger partial charge is 0.480 e. The summed E-state index contributed by atoms with van der Waals surface area (Å²) in [6.45, 7) is 7.24. The molecule has 1 aromatic rings. The number of aryl methyl sites for hydroxylation is 1. The number of aromatic nitrogens is 1. The van der Waals surface area contributed by atoms with Crippen molar-refractivity contribution < 1.29 is 14.3 Å². The number of piperidine rings is 1. The Hall–Kier alpha value is -1.36. The molecule has 1 N–H and O–H groups in total. The van der Waals surface area contributed by atoms with Gasteiger partial charge in [-0.2, -0.15) is 0 Å². The van der Waals surface area contributed by atoms with Crippen LogP contribution in [0.3, 0.4) is 0 Å². The van der Waals surface area contributed by atoms with Crippen LogP contribution in [0.15, 0.2) is 10.8 Å². The highest BCUT2D eigenvalue weighted by atomic mass is 16.4. The van der Waals surface area contributed by atoms with Crippen LogP contribution in [-0.2, 0) is 11.3 Å². The Balaban J connectivity index is 2.20. The van der Waals surface area contributed by atoms with Crippen molar-refractivity contribution in [3.8, 4) is 0 Å². The molecule has 5 nitrogen and oxygen atoms in total. The Morgan fingerprint density at radius 3 is 2.94 bits per heavy atom. The smallest absolute Gasteiger partial charge is 0.321 e. The Kier molecular flexibility index (Phi) is 3.43. The molecule has 1 unspecified atom stereocenters. The van der Waals surface area contributed by atoms with Crippen LogP contribution in [0.1, 0.15) is 38.1 Å². The van der Waals surface area contributed by atoms with Gasteiger partial charge in [0.2, 0.25) is 0 Å². The SMILES string of the molecule is Cc1ocnc1CN1CCCC(C)(C)C1C(=O)O. The van der Waals surface area contributed by atoms with E-state index in [1.54, 1.807) is 0 Å². The van der Waals surface area contributed by atoms with Crippen LogP contribution in [0.5, 0.6) is 0 Å². The number of nitrogens with zero attached hydrogens (tertiary/aromatic N) is 2. The van der Waals surface area contributed by atoms with Gasteiger partial charge in [0, 0.05) is 6.54 Å². The molecule has 2 heterocycles. The third-order valence-electron chi connectivity index (χ3n) is 3.80. The number of carboxylic acids is 1. The van der Waals surface area contributed by atoms with Gasteiger partial charge < -0.3 is 9.52 Å². The van der Waals surface area contributed by atoms with Crippen molar-refractivity contribution in [1.29, 1.82) is 0 Å². The molecule has 0 radical (unpaired) electrons. The van der Waals surface area contributed by atoms with E-state index in [1.165, 1.54) is 6.39 Å².